The summed E-state index contributed by atoms with van der Waals surface area (Å²) < 4.78 is 6.09. The van der Waals surface area contributed by atoms with Crippen LogP contribution in [0.5, 0.6) is 5.75 Å². The number of amides is 1. The Kier molecular flexibility index (Phi) is 5.50. The normalized spacial score (nSPS) is 18.0. The first-order valence-corrected chi connectivity index (χ1v) is 9.52. The topological polar surface area (TPSA) is 38.3 Å². The van der Waals surface area contributed by atoms with Gasteiger partial charge in [0.2, 0.25) is 5.91 Å². The highest BCUT2D eigenvalue weighted by atomic mass is 35.5. The summed E-state index contributed by atoms with van der Waals surface area (Å²) in [4.78, 5) is 12.6. The molecule has 2 aromatic rings. The number of carbonyl (C=O) groups is 1. The molecule has 3 rings (SSSR count). The number of carbonyl (C=O) groups excluding carboxylic acids is 1. The molecule has 0 spiro atoms. The van der Waals surface area contributed by atoms with Crippen LogP contribution in [-0.4, -0.2) is 11.5 Å². The van der Waals surface area contributed by atoms with Gasteiger partial charge in [-0.15, -0.1) is 0 Å². The molecule has 0 saturated carbocycles. The minimum atomic E-state index is -0.329. The Morgan fingerprint density at radius 1 is 1.23 bits per heavy atom. The first-order chi connectivity index (χ1) is 12.2. The summed E-state index contributed by atoms with van der Waals surface area (Å²) in [5.41, 5.74) is 2.65. The van der Waals surface area contributed by atoms with E-state index >= 15 is 0 Å². The maximum Gasteiger partial charge on any atom is 0.220 e. The lowest BCUT2D eigenvalue weighted by Gasteiger charge is -2.38. The van der Waals surface area contributed by atoms with Gasteiger partial charge in [0.1, 0.15) is 11.4 Å². The van der Waals surface area contributed by atoms with Crippen LogP contribution in [0.25, 0.3) is 0 Å². The molecule has 1 heterocycles. The van der Waals surface area contributed by atoms with Gasteiger partial charge in [0, 0.05) is 28.5 Å². The molecule has 2 aromatic carbocycles. The van der Waals surface area contributed by atoms with Crippen molar-refractivity contribution in [2.24, 2.45) is 0 Å². The van der Waals surface area contributed by atoms with Gasteiger partial charge >= 0.3 is 0 Å². The summed E-state index contributed by atoms with van der Waals surface area (Å²) >= 11 is 12.4. The molecule has 3 nitrogen and oxygen atoms in total. The summed E-state index contributed by atoms with van der Waals surface area (Å²) in [6.45, 7) is 6.12. The number of hydrogen-bond donors (Lipinski definition) is 1. The summed E-state index contributed by atoms with van der Waals surface area (Å²) in [5, 5.41) is 4.35. The molecule has 0 unspecified atom stereocenters. The van der Waals surface area contributed by atoms with E-state index in [0.717, 1.165) is 28.9 Å². The van der Waals surface area contributed by atoms with E-state index in [9.17, 15) is 4.79 Å². The number of benzene rings is 2. The third-order valence-corrected chi connectivity index (χ3v) is 5.33. The van der Waals surface area contributed by atoms with Gasteiger partial charge in [-0.2, -0.15) is 0 Å². The second-order valence-corrected chi connectivity index (χ2v) is 8.24. The molecule has 138 valence electrons. The van der Waals surface area contributed by atoms with Gasteiger partial charge < -0.3 is 10.1 Å². The molecule has 0 bridgehead atoms. The van der Waals surface area contributed by atoms with Crippen molar-refractivity contribution in [2.75, 3.05) is 0 Å². The molecular formula is C21H23Cl2NO2. The van der Waals surface area contributed by atoms with Crippen LogP contribution in [0.15, 0.2) is 36.4 Å². The van der Waals surface area contributed by atoms with Crippen LogP contribution < -0.4 is 10.1 Å². The fraction of sp³-hybridized carbons (Fsp3) is 0.381. The molecule has 1 atom stereocenters. The van der Waals surface area contributed by atoms with Crippen molar-refractivity contribution in [1.29, 1.82) is 0 Å². The van der Waals surface area contributed by atoms with E-state index in [1.54, 1.807) is 18.2 Å². The average molecular weight is 392 g/mol. The van der Waals surface area contributed by atoms with Crippen LogP contribution >= 0.6 is 23.2 Å². The van der Waals surface area contributed by atoms with Crippen molar-refractivity contribution >= 4 is 29.1 Å². The van der Waals surface area contributed by atoms with Gasteiger partial charge in [-0.05, 0) is 56.5 Å². The summed E-state index contributed by atoms with van der Waals surface area (Å²) in [7, 11) is 0. The zero-order chi connectivity index (χ0) is 18.9. The van der Waals surface area contributed by atoms with E-state index in [0.29, 0.717) is 22.9 Å². The second kappa shape index (κ2) is 7.50. The molecule has 5 heteroatoms. The lowest BCUT2D eigenvalue weighted by molar-refractivity contribution is -0.122. The molecule has 0 radical (unpaired) electrons. The molecule has 1 aliphatic rings. The maximum atomic E-state index is 12.6. The minimum absolute atomic E-state index is 0.0183. The van der Waals surface area contributed by atoms with Gasteiger partial charge in [0.15, 0.2) is 0 Å². The van der Waals surface area contributed by atoms with Crippen LogP contribution in [0.3, 0.4) is 0 Å². The lowest BCUT2D eigenvalue weighted by atomic mass is 9.89. The molecule has 0 aromatic heterocycles. The lowest BCUT2D eigenvalue weighted by Crippen LogP contribution is -2.41. The number of halogens is 2. The zero-order valence-corrected chi connectivity index (χ0v) is 16.7. The third-order valence-electron chi connectivity index (χ3n) is 4.63. The summed E-state index contributed by atoms with van der Waals surface area (Å²) in [5.74, 6) is 0.830. The van der Waals surface area contributed by atoms with Gasteiger partial charge in [0.05, 0.1) is 6.04 Å². The quantitative estimate of drug-likeness (QED) is 0.730. The molecule has 0 fully saturated rings. The largest absolute Gasteiger partial charge is 0.487 e. The fourth-order valence-corrected chi connectivity index (χ4v) is 3.95. The summed E-state index contributed by atoms with van der Waals surface area (Å²) in [6.07, 6.45) is 1.57. The maximum absolute atomic E-state index is 12.6. The van der Waals surface area contributed by atoms with Crippen molar-refractivity contribution in [2.45, 2.75) is 51.7 Å². The van der Waals surface area contributed by atoms with E-state index in [4.69, 9.17) is 27.9 Å². The van der Waals surface area contributed by atoms with Gasteiger partial charge in [-0.3, -0.25) is 4.79 Å². The summed E-state index contributed by atoms with van der Waals surface area (Å²) in [6, 6.07) is 11.4. The number of nitrogens with one attached hydrogen (secondary N) is 1. The minimum Gasteiger partial charge on any atom is -0.487 e. The predicted molar refractivity (Wildman–Crippen MR) is 106 cm³/mol. The smallest absolute Gasteiger partial charge is 0.220 e. The van der Waals surface area contributed by atoms with Crippen LogP contribution in [0.1, 0.15) is 49.4 Å². The third kappa shape index (κ3) is 4.33. The van der Waals surface area contributed by atoms with Crippen LogP contribution in [0, 0.1) is 6.92 Å². The Morgan fingerprint density at radius 2 is 1.92 bits per heavy atom. The first-order valence-electron chi connectivity index (χ1n) is 8.77. The Hall–Kier alpha value is -1.71. The van der Waals surface area contributed by atoms with Crippen molar-refractivity contribution in [1.82, 2.24) is 5.32 Å². The SMILES string of the molecule is Cc1ccc2c(c1)OC(C)(C)C[C@H]2NC(=O)CCc1c(Cl)cccc1Cl. The molecule has 1 amide bonds. The van der Waals surface area contributed by atoms with Crippen molar-refractivity contribution in [3.63, 3.8) is 0 Å². The number of hydrogen-bond acceptors (Lipinski definition) is 2. The monoisotopic (exact) mass is 391 g/mol. The molecule has 0 aliphatic carbocycles. The molecule has 1 aliphatic heterocycles. The molecule has 0 saturated heterocycles. The Bertz CT molecular complexity index is 813. The Labute approximate surface area is 164 Å². The Balaban J connectivity index is 1.71. The highest BCUT2D eigenvalue weighted by Gasteiger charge is 2.34. The predicted octanol–water partition coefficient (Wildman–Crippen LogP) is 5.65. The Morgan fingerprint density at radius 3 is 2.62 bits per heavy atom. The van der Waals surface area contributed by atoms with E-state index in [2.05, 4.69) is 5.32 Å². The van der Waals surface area contributed by atoms with Crippen molar-refractivity contribution in [3.8, 4) is 5.75 Å². The highest BCUT2D eigenvalue weighted by molar-refractivity contribution is 6.36. The zero-order valence-electron chi connectivity index (χ0n) is 15.2. The van der Waals surface area contributed by atoms with Crippen LogP contribution in [0.2, 0.25) is 10.0 Å². The molecule has 1 N–H and O–H groups in total. The average Bonchev–Trinajstić information content (AvgIpc) is 2.52. The van der Waals surface area contributed by atoms with Crippen LogP contribution in [0.4, 0.5) is 0 Å². The molecule has 26 heavy (non-hydrogen) atoms. The number of ether oxygens (including phenoxy) is 1. The highest BCUT2D eigenvalue weighted by Crippen LogP contribution is 2.40. The number of fused-ring (bicyclic) bond motifs is 1. The van der Waals surface area contributed by atoms with Crippen molar-refractivity contribution < 1.29 is 9.53 Å². The van der Waals surface area contributed by atoms with Gasteiger partial charge in [-0.1, -0.05) is 41.4 Å². The second-order valence-electron chi connectivity index (χ2n) is 7.43. The van der Waals surface area contributed by atoms with Gasteiger partial charge in [-0.25, -0.2) is 0 Å². The van der Waals surface area contributed by atoms with E-state index in [-0.39, 0.29) is 17.6 Å². The van der Waals surface area contributed by atoms with E-state index in [1.165, 1.54) is 0 Å². The first kappa shape index (κ1) is 19.1. The molecular weight excluding hydrogens is 369 g/mol. The van der Waals surface area contributed by atoms with Gasteiger partial charge in [0.25, 0.3) is 0 Å². The van der Waals surface area contributed by atoms with Crippen LogP contribution in [-0.2, 0) is 11.2 Å². The number of rotatable bonds is 4. The standard InChI is InChI=1S/C21H23Cl2NO2/c1-13-7-8-15-18(12-21(2,3)26-19(15)11-13)24-20(25)10-9-14-16(22)5-4-6-17(14)23/h4-8,11,18H,9-10,12H2,1-3H3,(H,24,25)/t18-/m1/s1. The fourth-order valence-electron chi connectivity index (χ4n) is 3.36. The van der Waals surface area contributed by atoms with E-state index < -0.39 is 0 Å². The number of aryl methyl sites for hydroxylation is 1. The van der Waals surface area contributed by atoms with Crippen molar-refractivity contribution in [3.05, 3.63) is 63.1 Å². The van der Waals surface area contributed by atoms with E-state index in [1.807, 2.05) is 39.0 Å².